The van der Waals surface area contributed by atoms with E-state index in [2.05, 4.69) is 5.32 Å². The van der Waals surface area contributed by atoms with Crippen LogP contribution >= 0.6 is 0 Å². The first kappa shape index (κ1) is 13.9. The molecule has 1 aromatic carbocycles. The van der Waals surface area contributed by atoms with Crippen molar-refractivity contribution in [3.63, 3.8) is 0 Å². The number of anilines is 1. The Morgan fingerprint density at radius 1 is 1.45 bits per heavy atom. The fourth-order valence-corrected chi connectivity index (χ4v) is 4.01. The molecule has 6 heteroatoms. The van der Waals surface area contributed by atoms with Crippen LogP contribution in [0.2, 0.25) is 0 Å². The van der Waals surface area contributed by atoms with Gasteiger partial charge in [-0.25, -0.2) is 8.42 Å². The van der Waals surface area contributed by atoms with Crippen molar-refractivity contribution in [1.29, 1.82) is 0 Å². The lowest BCUT2D eigenvalue weighted by Gasteiger charge is -2.20. The van der Waals surface area contributed by atoms with Crippen LogP contribution in [0.4, 0.5) is 5.69 Å². The molecule has 110 valence electrons. The van der Waals surface area contributed by atoms with Gasteiger partial charge in [-0.3, -0.25) is 0 Å². The van der Waals surface area contributed by atoms with Gasteiger partial charge in [-0.05, 0) is 37.0 Å². The van der Waals surface area contributed by atoms with E-state index >= 15 is 0 Å². The summed E-state index contributed by atoms with van der Waals surface area (Å²) in [5.41, 5.74) is 2.13. The fraction of sp³-hybridized carbons (Fsp3) is 0.571. The molecule has 0 aliphatic carbocycles. The Morgan fingerprint density at radius 3 is 3.05 bits per heavy atom. The number of nitrogens with zero attached hydrogens (tertiary/aromatic N) is 1. The number of nitrogens with one attached hydrogen (secondary N) is 1. The van der Waals surface area contributed by atoms with Gasteiger partial charge in [0, 0.05) is 32.4 Å². The summed E-state index contributed by atoms with van der Waals surface area (Å²) in [5.74, 6) is 0. The summed E-state index contributed by atoms with van der Waals surface area (Å²) >= 11 is 0. The molecule has 0 bridgehead atoms. The normalized spacial score (nSPS) is 22.0. The first-order chi connectivity index (χ1) is 9.57. The maximum atomic E-state index is 12.6. The van der Waals surface area contributed by atoms with Gasteiger partial charge in [0.1, 0.15) is 0 Å². The highest BCUT2D eigenvalue weighted by atomic mass is 32.2. The smallest absolute Gasteiger partial charge is 0.242 e. The predicted molar refractivity (Wildman–Crippen MR) is 77.4 cm³/mol. The van der Waals surface area contributed by atoms with Gasteiger partial charge in [0.25, 0.3) is 0 Å². The van der Waals surface area contributed by atoms with E-state index in [-0.39, 0.29) is 6.10 Å². The van der Waals surface area contributed by atoms with Crippen molar-refractivity contribution in [2.45, 2.75) is 30.3 Å². The predicted octanol–water partition coefficient (Wildman–Crippen LogP) is 1.45. The van der Waals surface area contributed by atoms with E-state index < -0.39 is 10.0 Å². The van der Waals surface area contributed by atoms with E-state index in [9.17, 15) is 8.42 Å². The summed E-state index contributed by atoms with van der Waals surface area (Å²) in [4.78, 5) is 0.353. The van der Waals surface area contributed by atoms with Crippen LogP contribution in [-0.4, -0.2) is 45.6 Å². The molecule has 5 nitrogen and oxygen atoms in total. The van der Waals surface area contributed by atoms with Gasteiger partial charge < -0.3 is 10.1 Å². The van der Waals surface area contributed by atoms with Crippen LogP contribution in [0.15, 0.2) is 23.1 Å². The van der Waals surface area contributed by atoms with E-state index in [1.807, 2.05) is 6.07 Å². The van der Waals surface area contributed by atoms with Crippen molar-refractivity contribution in [2.75, 3.05) is 32.1 Å². The quantitative estimate of drug-likeness (QED) is 0.914. The zero-order chi connectivity index (χ0) is 14.2. The van der Waals surface area contributed by atoms with E-state index in [0.717, 1.165) is 38.1 Å². The Bertz CT molecular complexity index is 594. The summed E-state index contributed by atoms with van der Waals surface area (Å²) in [6.45, 7) is 2.04. The number of hydrogen-bond acceptors (Lipinski definition) is 4. The molecule has 1 atom stereocenters. The monoisotopic (exact) mass is 296 g/mol. The molecule has 0 radical (unpaired) electrons. The lowest BCUT2D eigenvalue weighted by atomic mass is 10.2. The van der Waals surface area contributed by atoms with Crippen LogP contribution in [0.1, 0.15) is 18.4 Å². The zero-order valence-corrected chi connectivity index (χ0v) is 12.4. The molecule has 0 aromatic heterocycles. The van der Waals surface area contributed by atoms with E-state index in [1.54, 1.807) is 19.2 Å². The minimum Gasteiger partial charge on any atom is -0.384 e. The molecule has 1 unspecified atom stereocenters. The Hall–Kier alpha value is -1.11. The van der Waals surface area contributed by atoms with Gasteiger partial charge in [-0.1, -0.05) is 6.07 Å². The molecule has 1 fully saturated rings. The number of rotatable bonds is 4. The molecule has 1 N–H and O–H groups in total. The summed E-state index contributed by atoms with van der Waals surface area (Å²) in [5, 5.41) is 3.22. The topological polar surface area (TPSA) is 58.6 Å². The van der Waals surface area contributed by atoms with Gasteiger partial charge in [0.15, 0.2) is 0 Å². The maximum absolute atomic E-state index is 12.6. The Labute approximate surface area is 120 Å². The molecule has 2 heterocycles. The van der Waals surface area contributed by atoms with Crippen molar-refractivity contribution >= 4 is 15.7 Å². The number of hydrogen-bond donors (Lipinski definition) is 1. The van der Waals surface area contributed by atoms with Gasteiger partial charge in [-0.15, -0.1) is 0 Å². The number of sulfonamides is 1. The highest BCUT2D eigenvalue weighted by Gasteiger charge is 2.27. The highest BCUT2D eigenvalue weighted by Crippen LogP contribution is 2.27. The van der Waals surface area contributed by atoms with Crippen molar-refractivity contribution in [3.8, 4) is 0 Å². The zero-order valence-electron chi connectivity index (χ0n) is 11.6. The van der Waals surface area contributed by atoms with Crippen LogP contribution in [0.5, 0.6) is 0 Å². The van der Waals surface area contributed by atoms with Crippen molar-refractivity contribution in [2.24, 2.45) is 0 Å². The largest absolute Gasteiger partial charge is 0.384 e. The second kappa shape index (κ2) is 5.35. The minimum atomic E-state index is -3.43. The van der Waals surface area contributed by atoms with E-state index in [4.69, 9.17) is 4.74 Å². The number of likely N-dealkylation sites (N-methyl/N-ethyl adjacent to an activating group) is 1. The molecule has 0 spiro atoms. The Morgan fingerprint density at radius 2 is 2.30 bits per heavy atom. The first-order valence-corrected chi connectivity index (χ1v) is 8.46. The van der Waals surface area contributed by atoms with Crippen LogP contribution < -0.4 is 5.32 Å². The van der Waals surface area contributed by atoms with Gasteiger partial charge in [-0.2, -0.15) is 4.31 Å². The van der Waals surface area contributed by atoms with Gasteiger partial charge >= 0.3 is 0 Å². The van der Waals surface area contributed by atoms with E-state index in [1.165, 1.54) is 9.87 Å². The molecule has 3 rings (SSSR count). The third-order valence-electron chi connectivity index (χ3n) is 3.98. The molecule has 1 aromatic rings. The van der Waals surface area contributed by atoms with Crippen molar-refractivity contribution in [3.05, 3.63) is 23.8 Å². The molecule has 0 saturated carbocycles. The van der Waals surface area contributed by atoms with Crippen molar-refractivity contribution in [1.82, 2.24) is 4.31 Å². The third kappa shape index (κ3) is 2.55. The maximum Gasteiger partial charge on any atom is 0.242 e. The second-order valence-electron chi connectivity index (χ2n) is 5.42. The first-order valence-electron chi connectivity index (χ1n) is 7.02. The molecular formula is C14H20N2O3S. The van der Waals surface area contributed by atoms with Crippen LogP contribution in [-0.2, 0) is 21.2 Å². The van der Waals surface area contributed by atoms with Crippen molar-refractivity contribution < 1.29 is 13.2 Å². The summed E-state index contributed by atoms with van der Waals surface area (Å²) in [6.07, 6.45) is 2.94. The standard InChI is InChI=1S/C14H20N2O3S/c1-16(10-12-3-2-8-19-12)20(17,18)13-5-4-11-6-7-15-14(11)9-13/h4-5,9,12,15H,2-3,6-8,10H2,1H3. The van der Waals surface area contributed by atoms with Crippen LogP contribution in [0.25, 0.3) is 0 Å². The number of ether oxygens (including phenoxy) is 1. The van der Waals surface area contributed by atoms with Gasteiger partial charge in [0.05, 0.1) is 11.0 Å². The summed E-state index contributed by atoms with van der Waals surface area (Å²) in [6, 6.07) is 5.35. The summed E-state index contributed by atoms with van der Waals surface area (Å²) in [7, 11) is -1.81. The van der Waals surface area contributed by atoms with Gasteiger partial charge in [0.2, 0.25) is 10.0 Å². The Kier molecular flexibility index (Phi) is 3.70. The third-order valence-corrected chi connectivity index (χ3v) is 5.80. The molecule has 1 saturated heterocycles. The highest BCUT2D eigenvalue weighted by molar-refractivity contribution is 7.89. The molecule has 2 aliphatic heterocycles. The lowest BCUT2D eigenvalue weighted by molar-refractivity contribution is 0.0979. The molecule has 0 amide bonds. The fourth-order valence-electron chi connectivity index (χ4n) is 2.78. The van der Waals surface area contributed by atoms with E-state index in [0.29, 0.717) is 11.4 Å². The van der Waals surface area contributed by atoms with Crippen LogP contribution in [0.3, 0.4) is 0 Å². The van der Waals surface area contributed by atoms with Crippen LogP contribution in [0, 0.1) is 0 Å². The number of fused-ring (bicyclic) bond motifs is 1. The lowest BCUT2D eigenvalue weighted by Crippen LogP contribution is -2.34. The SMILES string of the molecule is CN(CC1CCCO1)S(=O)(=O)c1ccc2c(c1)NCC2. The number of benzene rings is 1. The summed E-state index contributed by atoms with van der Waals surface area (Å²) < 4.78 is 32.0. The average Bonchev–Trinajstić information content (AvgIpc) is 3.07. The molecular weight excluding hydrogens is 276 g/mol. The molecule has 2 aliphatic rings. The minimum absolute atomic E-state index is 0.0299. The average molecular weight is 296 g/mol. The Balaban J connectivity index is 1.79. The second-order valence-corrected chi connectivity index (χ2v) is 7.46. The molecule has 20 heavy (non-hydrogen) atoms.